The molecular weight excluding hydrogens is 510 g/mol. The number of carbonyl (C=O) groups is 2. The molecule has 0 saturated carbocycles. The van der Waals surface area contributed by atoms with E-state index < -0.39 is 28.5 Å². The molecule has 0 saturated heterocycles. The first-order valence-corrected chi connectivity index (χ1v) is 14.7. The summed E-state index contributed by atoms with van der Waals surface area (Å²) in [6, 6.07) is 20.4. The third kappa shape index (κ3) is 7.47. The zero-order valence-corrected chi connectivity index (χ0v) is 24.5. The molecule has 0 bridgehead atoms. The van der Waals surface area contributed by atoms with E-state index in [9.17, 15) is 18.0 Å². The number of amides is 2. The Morgan fingerprint density at radius 3 is 2.08 bits per heavy atom. The van der Waals surface area contributed by atoms with Crippen LogP contribution in [0.15, 0.2) is 77.7 Å². The minimum absolute atomic E-state index is 0.0957. The second-order valence-corrected chi connectivity index (χ2v) is 12.1. The van der Waals surface area contributed by atoms with Crippen molar-refractivity contribution in [2.75, 3.05) is 10.8 Å². The maximum atomic E-state index is 14.0. The van der Waals surface area contributed by atoms with E-state index in [4.69, 9.17) is 0 Å². The number of hydrogen-bond acceptors (Lipinski definition) is 4. The summed E-state index contributed by atoms with van der Waals surface area (Å²) in [7, 11) is -4.09. The average molecular weight is 550 g/mol. The molecule has 3 aromatic carbocycles. The first-order valence-electron chi connectivity index (χ1n) is 13.2. The van der Waals surface area contributed by atoms with E-state index in [1.807, 2.05) is 77.9 Å². The monoisotopic (exact) mass is 549 g/mol. The molecule has 1 N–H and O–H groups in total. The Morgan fingerprint density at radius 1 is 0.872 bits per heavy atom. The number of hydrogen-bond donors (Lipinski definition) is 1. The van der Waals surface area contributed by atoms with Gasteiger partial charge >= 0.3 is 0 Å². The summed E-state index contributed by atoms with van der Waals surface area (Å²) in [5.74, 6) is -0.727. The van der Waals surface area contributed by atoms with E-state index in [2.05, 4.69) is 5.32 Å². The second kappa shape index (κ2) is 12.9. The van der Waals surface area contributed by atoms with E-state index in [1.165, 1.54) is 4.90 Å². The highest BCUT2D eigenvalue weighted by molar-refractivity contribution is 7.92. The summed E-state index contributed by atoms with van der Waals surface area (Å²) in [5, 5.41) is 2.91. The van der Waals surface area contributed by atoms with Gasteiger partial charge in [0.1, 0.15) is 12.6 Å². The Bertz CT molecular complexity index is 1390. The molecule has 3 aromatic rings. The summed E-state index contributed by atoms with van der Waals surface area (Å²) in [5.41, 5.74) is 4.10. The number of nitrogens with zero attached hydrogens (tertiary/aromatic N) is 2. The van der Waals surface area contributed by atoms with Gasteiger partial charge in [-0.1, -0.05) is 61.0 Å². The molecule has 1 atom stereocenters. The van der Waals surface area contributed by atoms with Crippen LogP contribution in [0.2, 0.25) is 0 Å². The van der Waals surface area contributed by atoms with Crippen LogP contribution in [-0.2, 0) is 26.2 Å². The summed E-state index contributed by atoms with van der Waals surface area (Å²) in [6.45, 7) is 11.0. The van der Waals surface area contributed by atoms with Gasteiger partial charge in [-0.15, -0.1) is 0 Å². The molecule has 3 rings (SSSR count). The molecule has 0 aromatic heterocycles. The Kier molecular flexibility index (Phi) is 9.92. The first-order chi connectivity index (χ1) is 18.4. The molecule has 39 heavy (non-hydrogen) atoms. The molecule has 208 valence electrons. The van der Waals surface area contributed by atoms with Crippen molar-refractivity contribution in [2.24, 2.45) is 0 Å². The molecule has 8 heteroatoms. The highest BCUT2D eigenvalue weighted by Crippen LogP contribution is 2.27. The number of carbonyl (C=O) groups excluding carboxylic acids is 2. The summed E-state index contributed by atoms with van der Waals surface area (Å²) in [4.78, 5) is 28.8. The van der Waals surface area contributed by atoms with Crippen LogP contribution in [0.4, 0.5) is 5.69 Å². The highest BCUT2D eigenvalue weighted by atomic mass is 32.2. The minimum Gasteiger partial charge on any atom is -0.352 e. The number of rotatable bonds is 11. The number of sulfonamides is 1. The van der Waals surface area contributed by atoms with Crippen molar-refractivity contribution in [3.05, 3.63) is 95.1 Å². The lowest BCUT2D eigenvalue weighted by Gasteiger charge is -2.33. The molecule has 0 aliphatic rings. The van der Waals surface area contributed by atoms with E-state index in [-0.39, 0.29) is 23.4 Å². The molecule has 0 fully saturated rings. The first kappa shape index (κ1) is 29.9. The lowest BCUT2D eigenvalue weighted by atomic mass is 10.1. The van der Waals surface area contributed by atoms with Crippen molar-refractivity contribution >= 4 is 27.5 Å². The van der Waals surface area contributed by atoms with Crippen molar-refractivity contribution in [2.45, 2.75) is 71.5 Å². The summed E-state index contributed by atoms with van der Waals surface area (Å²) in [6.07, 6.45) is 0.380. The zero-order chi connectivity index (χ0) is 28.7. The number of anilines is 1. The van der Waals surface area contributed by atoms with Gasteiger partial charge in [-0.05, 0) is 82.0 Å². The lowest BCUT2D eigenvalue weighted by Crippen LogP contribution is -2.53. The summed E-state index contributed by atoms with van der Waals surface area (Å²) < 4.78 is 29.1. The Morgan fingerprint density at radius 2 is 1.51 bits per heavy atom. The number of benzene rings is 3. The molecule has 7 nitrogen and oxygen atoms in total. The molecule has 2 amide bonds. The fraction of sp³-hybridized carbons (Fsp3) is 0.355. The molecule has 0 aliphatic heterocycles. The maximum Gasteiger partial charge on any atom is 0.264 e. The third-order valence-electron chi connectivity index (χ3n) is 6.68. The fourth-order valence-corrected chi connectivity index (χ4v) is 5.73. The van der Waals surface area contributed by atoms with E-state index in [1.54, 1.807) is 36.4 Å². The van der Waals surface area contributed by atoms with Crippen molar-refractivity contribution < 1.29 is 18.0 Å². The normalized spacial score (nSPS) is 12.2. The van der Waals surface area contributed by atoms with Gasteiger partial charge in [0.25, 0.3) is 10.0 Å². The predicted molar refractivity (Wildman–Crippen MR) is 156 cm³/mol. The summed E-state index contributed by atoms with van der Waals surface area (Å²) >= 11 is 0. The van der Waals surface area contributed by atoms with Gasteiger partial charge in [-0.25, -0.2) is 8.42 Å². The van der Waals surface area contributed by atoms with Crippen LogP contribution in [0.25, 0.3) is 0 Å². The maximum absolute atomic E-state index is 14.0. The van der Waals surface area contributed by atoms with E-state index >= 15 is 0 Å². The van der Waals surface area contributed by atoms with Crippen LogP contribution in [0.1, 0.15) is 49.4 Å². The molecular formula is C31H39N3O4S. The van der Waals surface area contributed by atoms with Crippen LogP contribution >= 0.6 is 0 Å². The Labute approximate surface area is 232 Å². The number of aryl methyl sites for hydroxylation is 3. The van der Waals surface area contributed by atoms with E-state index in [0.717, 1.165) is 26.6 Å². The van der Waals surface area contributed by atoms with Crippen LogP contribution in [0.5, 0.6) is 0 Å². The SMILES string of the molecule is CCC(C(=O)NC(C)C)N(Cc1ccccc1)C(=O)CN(c1ccc(C)c(C)c1)S(=O)(=O)c1ccc(C)cc1. The third-order valence-corrected chi connectivity index (χ3v) is 8.47. The molecule has 0 radical (unpaired) electrons. The van der Waals surface area contributed by atoms with E-state index in [0.29, 0.717) is 12.1 Å². The average Bonchev–Trinajstić information content (AvgIpc) is 2.89. The van der Waals surface area contributed by atoms with Crippen LogP contribution in [0, 0.1) is 20.8 Å². The van der Waals surface area contributed by atoms with Crippen LogP contribution in [0.3, 0.4) is 0 Å². The molecule has 0 aliphatic carbocycles. The van der Waals surface area contributed by atoms with Gasteiger partial charge in [0.15, 0.2) is 0 Å². The predicted octanol–water partition coefficient (Wildman–Crippen LogP) is 5.14. The largest absolute Gasteiger partial charge is 0.352 e. The van der Waals surface area contributed by atoms with Crippen molar-refractivity contribution in [1.29, 1.82) is 0 Å². The standard InChI is InChI=1S/C31H39N3O4S/c1-7-29(31(36)32-22(2)3)33(20-26-11-9-8-10-12-26)30(35)21-34(27-16-15-24(5)25(6)19-27)39(37,38)28-17-13-23(4)14-18-28/h8-19,22,29H,7,20-21H2,1-6H3,(H,32,36). The van der Waals surface area contributed by atoms with Gasteiger partial charge in [0.05, 0.1) is 10.6 Å². The van der Waals surface area contributed by atoms with Crippen molar-refractivity contribution in [3.8, 4) is 0 Å². The fourth-order valence-electron chi connectivity index (χ4n) is 4.33. The Balaban J connectivity index is 2.07. The smallest absolute Gasteiger partial charge is 0.264 e. The minimum atomic E-state index is -4.09. The van der Waals surface area contributed by atoms with Crippen LogP contribution in [-0.4, -0.2) is 43.8 Å². The van der Waals surface area contributed by atoms with Gasteiger partial charge in [-0.2, -0.15) is 0 Å². The Hall–Kier alpha value is -3.65. The highest BCUT2D eigenvalue weighted by Gasteiger charge is 2.34. The lowest BCUT2D eigenvalue weighted by molar-refractivity contribution is -0.140. The second-order valence-electron chi connectivity index (χ2n) is 10.2. The van der Waals surface area contributed by atoms with Crippen molar-refractivity contribution in [3.63, 3.8) is 0 Å². The molecule has 1 unspecified atom stereocenters. The van der Waals surface area contributed by atoms with Gasteiger partial charge in [-0.3, -0.25) is 13.9 Å². The van der Waals surface area contributed by atoms with Crippen LogP contribution < -0.4 is 9.62 Å². The van der Waals surface area contributed by atoms with Gasteiger partial charge in [0.2, 0.25) is 11.8 Å². The van der Waals surface area contributed by atoms with Gasteiger partial charge < -0.3 is 10.2 Å². The topological polar surface area (TPSA) is 86.8 Å². The van der Waals surface area contributed by atoms with Crippen molar-refractivity contribution in [1.82, 2.24) is 10.2 Å². The van der Waals surface area contributed by atoms with Gasteiger partial charge in [0, 0.05) is 12.6 Å². The quantitative estimate of drug-likeness (QED) is 0.359. The zero-order valence-electron chi connectivity index (χ0n) is 23.6. The molecule has 0 spiro atoms. The number of nitrogens with one attached hydrogen (secondary N) is 1. The molecule has 0 heterocycles.